The summed E-state index contributed by atoms with van der Waals surface area (Å²) in [6.45, 7) is 6.50. The highest BCUT2D eigenvalue weighted by molar-refractivity contribution is 6.55. The molecule has 0 saturated carbocycles. The summed E-state index contributed by atoms with van der Waals surface area (Å²) in [6.07, 6.45) is 0. The highest BCUT2D eigenvalue weighted by Crippen LogP contribution is 2.40. The summed E-state index contributed by atoms with van der Waals surface area (Å²) in [4.78, 5) is 2.56. The number of benzene rings is 1. The van der Waals surface area contributed by atoms with Crippen molar-refractivity contribution >= 4 is 12.7 Å². The van der Waals surface area contributed by atoms with Gasteiger partial charge in [0.05, 0.1) is 17.7 Å². The number of hydrogen-bond donors (Lipinski definition) is 0. The molecule has 0 atom stereocenters. The topological polar surface area (TPSA) is 67.2 Å². The van der Waals surface area contributed by atoms with Gasteiger partial charge in [-0.25, -0.2) is 13.2 Å². The van der Waals surface area contributed by atoms with Gasteiger partial charge in [-0.3, -0.25) is 0 Å². The van der Waals surface area contributed by atoms with E-state index < -0.39 is 42.2 Å². The highest BCUT2D eigenvalue weighted by Gasteiger charge is 2.53. The lowest BCUT2D eigenvalue weighted by atomic mass is 9.82. The molecule has 2 rings (SSSR count). The van der Waals surface area contributed by atoms with Crippen molar-refractivity contribution in [2.24, 2.45) is 5.11 Å². The van der Waals surface area contributed by atoms with Gasteiger partial charge in [-0.2, -0.15) is 0 Å². The van der Waals surface area contributed by atoms with Crippen LogP contribution in [0.5, 0.6) is 0 Å². The third-order valence-electron chi connectivity index (χ3n) is 4.30. The van der Waals surface area contributed by atoms with Crippen LogP contribution in [0.25, 0.3) is 16.0 Å². The van der Waals surface area contributed by atoms with Crippen LogP contribution in [-0.4, -0.2) is 24.9 Å². The maximum atomic E-state index is 14.9. The third-order valence-corrected chi connectivity index (χ3v) is 4.30. The van der Waals surface area contributed by atoms with E-state index in [9.17, 15) is 13.2 Å². The van der Waals surface area contributed by atoms with Gasteiger partial charge in [0.25, 0.3) is 0 Å². The average molecular weight is 339 g/mol. The summed E-state index contributed by atoms with van der Waals surface area (Å²) in [7, 11) is -1.37. The zero-order valence-electron chi connectivity index (χ0n) is 13.8. The molecule has 0 radical (unpaired) electrons. The molecular weight excluding hydrogens is 322 g/mol. The van der Waals surface area contributed by atoms with Crippen molar-refractivity contribution in [2.45, 2.75) is 38.9 Å². The van der Waals surface area contributed by atoms with E-state index >= 15 is 0 Å². The van der Waals surface area contributed by atoms with Crippen LogP contribution in [-0.2, 0) is 9.31 Å². The quantitative estimate of drug-likeness (QED) is 0.349. The van der Waals surface area contributed by atoms with Crippen LogP contribution in [0.1, 0.15) is 33.3 Å². The molecule has 0 spiro atoms. The second-order valence-electron chi connectivity index (χ2n) is 6.43. The minimum Gasteiger partial charge on any atom is -0.398 e. The van der Waals surface area contributed by atoms with Gasteiger partial charge in [-0.1, -0.05) is 5.11 Å². The minimum atomic E-state index is -1.37. The summed E-state index contributed by atoms with van der Waals surface area (Å²) >= 11 is 0. The van der Waals surface area contributed by atoms with Crippen molar-refractivity contribution in [1.29, 1.82) is 0 Å². The van der Waals surface area contributed by atoms with E-state index in [0.717, 1.165) is 12.1 Å². The molecule has 5 nitrogen and oxygen atoms in total. The maximum absolute atomic E-state index is 14.9. The van der Waals surface area contributed by atoms with Crippen molar-refractivity contribution in [1.82, 2.24) is 0 Å². The van der Waals surface area contributed by atoms with Crippen LogP contribution < -0.4 is 0 Å². The Hall–Kier alpha value is -1.96. The molecule has 1 saturated heterocycles. The molecule has 0 N–H and O–H groups in total. The lowest BCUT2D eigenvalue weighted by molar-refractivity contribution is 0.00578. The van der Waals surface area contributed by atoms with Crippen LogP contribution in [0.4, 0.5) is 13.2 Å². The van der Waals surface area contributed by atoms with Crippen molar-refractivity contribution < 1.29 is 22.5 Å². The first kappa shape index (κ1) is 18.4. The number of nitrogens with zero attached hydrogens (tertiary/aromatic N) is 3. The Labute approximate surface area is 138 Å². The molecule has 128 valence electrons. The lowest BCUT2D eigenvalue weighted by Gasteiger charge is -2.32. The van der Waals surface area contributed by atoms with Gasteiger partial charge < -0.3 is 9.31 Å². The highest BCUT2D eigenvalue weighted by atomic mass is 19.1. The number of rotatable bonds is 4. The molecule has 1 heterocycles. The van der Waals surface area contributed by atoms with E-state index in [1.807, 2.05) is 0 Å². The van der Waals surface area contributed by atoms with Gasteiger partial charge >= 0.3 is 7.12 Å². The van der Waals surface area contributed by atoms with Gasteiger partial charge in [-0.15, -0.1) is 0 Å². The van der Waals surface area contributed by atoms with Gasteiger partial charge in [0.1, 0.15) is 17.4 Å². The van der Waals surface area contributed by atoms with Crippen molar-refractivity contribution in [3.05, 3.63) is 51.6 Å². The first-order chi connectivity index (χ1) is 11.1. The largest absolute Gasteiger partial charge is 0.525 e. The molecule has 24 heavy (non-hydrogen) atoms. The number of hydrogen-bond acceptors (Lipinski definition) is 3. The van der Waals surface area contributed by atoms with Gasteiger partial charge in [0.2, 0.25) is 0 Å². The van der Waals surface area contributed by atoms with Crippen LogP contribution >= 0.6 is 0 Å². The second-order valence-corrected chi connectivity index (χ2v) is 6.43. The van der Waals surface area contributed by atoms with E-state index in [0.29, 0.717) is 6.07 Å². The molecule has 0 unspecified atom stereocenters. The lowest BCUT2D eigenvalue weighted by Crippen LogP contribution is -2.41. The fraction of sp³-hybridized carbons (Fsp3) is 0.467. The molecule has 0 aromatic heterocycles. The molecule has 9 heteroatoms. The Bertz CT molecular complexity index is 715. The Morgan fingerprint density at radius 3 is 2.29 bits per heavy atom. The predicted octanol–water partition coefficient (Wildman–Crippen LogP) is 4.59. The zero-order valence-corrected chi connectivity index (χ0v) is 13.8. The molecule has 0 aliphatic carbocycles. The van der Waals surface area contributed by atoms with Crippen LogP contribution in [0.3, 0.4) is 0 Å². The van der Waals surface area contributed by atoms with E-state index in [4.69, 9.17) is 14.8 Å². The molecule has 1 aromatic rings. The van der Waals surface area contributed by atoms with Crippen LogP contribution in [0, 0.1) is 11.6 Å². The monoisotopic (exact) mass is 339 g/mol. The first-order valence-corrected chi connectivity index (χ1v) is 7.29. The van der Waals surface area contributed by atoms with Crippen LogP contribution in [0.2, 0.25) is 0 Å². The molecular formula is C15H17BF3N3O2. The smallest absolute Gasteiger partial charge is 0.398 e. The van der Waals surface area contributed by atoms with Crippen LogP contribution in [0.15, 0.2) is 29.0 Å². The molecule has 1 aliphatic heterocycles. The fourth-order valence-corrected chi connectivity index (χ4v) is 2.21. The number of azide groups is 1. The predicted molar refractivity (Wildman–Crippen MR) is 84.5 cm³/mol. The Morgan fingerprint density at radius 1 is 1.21 bits per heavy atom. The van der Waals surface area contributed by atoms with Crippen molar-refractivity contribution in [2.75, 3.05) is 6.54 Å². The molecule has 1 aromatic carbocycles. The van der Waals surface area contributed by atoms with Gasteiger partial charge in [-0.05, 0) is 50.9 Å². The third kappa shape index (κ3) is 3.43. The molecule has 1 fully saturated rings. The first-order valence-electron chi connectivity index (χ1n) is 7.29. The summed E-state index contributed by atoms with van der Waals surface area (Å²) in [5.74, 6) is -1.76. The van der Waals surface area contributed by atoms with E-state index in [1.165, 1.54) is 0 Å². The zero-order chi connectivity index (χ0) is 18.1. The average Bonchev–Trinajstić information content (AvgIpc) is 2.69. The normalized spacial score (nSPS) is 19.7. The van der Waals surface area contributed by atoms with Gasteiger partial charge in [0, 0.05) is 16.5 Å². The van der Waals surface area contributed by atoms with E-state index in [-0.39, 0.29) is 11.1 Å². The Kier molecular flexibility index (Phi) is 4.99. The minimum absolute atomic E-state index is 0.212. The van der Waals surface area contributed by atoms with E-state index in [2.05, 4.69) is 10.0 Å². The molecule has 1 aliphatic rings. The van der Waals surface area contributed by atoms with Crippen molar-refractivity contribution in [3.63, 3.8) is 0 Å². The SMILES string of the molecule is CC1(C)OB(C(F)=C(CN=[N+]=[N-])c2ccc(F)cc2F)OC1(C)C. The van der Waals surface area contributed by atoms with Crippen molar-refractivity contribution in [3.8, 4) is 0 Å². The number of halogens is 3. The summed E-state index contributed by atoms with van der Waals surface area (Å²) < 4.78 is 53.2. The maximum Gasteiger partial charge on any atom is 0.525 e. The molecule has 0 amide bonds. The van der Waals surface area contributed by atoms with E-state index in [1.54, 1.807) is 27.7 Å². The Morgan fingerprint density at radius 2 is 1.79 bits per heavy atom. The second kappa shape index (κ2) is 6.51. The fourth-order valence-electron chi connectivity index (χ4n) is 2.21. The molecule has 0 bridgehead atoms. The summed E-state index contributed by atoms with van der Waals surface area (Å²) in [6, 6.07) is 2.70. The van der Waals surface area contributed by atoms with Gasteiger partial charge in [0.15, 0.2) is 0 Å². The summed E-state index contributed by atoms with van der Waals surface area (Å²) in [5.41, 5.74) is 5.53. The summed E-state index contributed by atoms with van der Waals surface area (Å²) in [5, 5.41) is 3.29. The Balaban J connectivity index is 2.50. The standard InChI is InChI=1S/C15H17BF3N3O2/c1-14(2)15(3,4)24-16(23-14)13(19)11(8-21-22-20)10-6-5-9(17)7-12(10)18/h5-7H,8H2,1-4H3.